The molecule has 0 aromatic heterocycles. The van der Waals surface area contributed by atoms with Gasteiger partial charge in [-0.25, -0.2) is 0 Å². The van der Waals surface area contributed by atoms with Crippen LogP contribution in [0.25, 0.3) is 0 Å². The molecule has 0 unspecified atom stereocenters. The average molecular weight is 217 g/mol. The highest BCUT2D eigenvalue weighted by atomic mass is 32.1. The van der Waals surface area contributed by atoms with E-state index in [1.54, 1.807) is 0 Å². The lowest BCUT2D eigenvalue weighted by molar-refractivity contribution is -0.138. The normalized spacial score (nSPS) is 11.1. The number of hydrogen-bond donors (Lipinski definition) is 1. The lowest BCUT2D eigenvalue weighted by Crippen LogP contribution is -2.10. The molecule has 1 rings (SSSR count). The molecule has 0 saturated heterocycles. The third-order valence-electron chi connectivity index (χ3n) is 1.84. The molecule has 0 heterocycles. The molecule has 1 aromatic rings. The first-order valence-corrected chi connectivity index (χ1v) is 4.12. The summed E-state index contributed by atoms with van der Waals surface area (Å²) >= 11 is 3.88. The monoisotopic (exact) mass is 217 g/mol. The van der Waals surface area contributed by atoms with Gasteiger partial charge in [0, 0.05) is 4.90 Å². The van der Waals surface area contributed by atoms with Crippen LogP contribution in [0.4, 0.5) is 13.2 Å². The molecule has 0 amide bonds. The number of alkyl halides is 3. The highest BCUT2D eigenvalue weighted by Gasteiger charge is 2.35. The maximum absolute atomic E-state index is 12.5. The van der Waals surface area contributed by atoms with Gasteiger partial charge in [0.1, 0.15) is 0 Å². The summed E-state index contributed by atoms with van der Waals surface area (Å²) in [6.45, 7) is 1.30. The molecular weight excluding hydrogens is 211 g/mol. The SMILES string of the molecule is Cc1c(S)ccc(C#N)c1C(F)(F)F. The number of rotatable bonds is 0. The first-order chi connectivity index (χ1) is 6.38. The van der Waals surface area contributed by atoms with Gasteiger partial charge in [0.25, 0.3) is 0 Å². The highest BCUT2D eigenvalue weighted by molar-refractivity contribution is 7.80. The molecule has 0 spiro atoms. The maximum Gasteiger partial charge on any atom is 0.417 e. The molecule has 1 nitrogen and oxygen atoms in total. The summed E-state index contributed by atoms with van der Waals surface area (Å²) in [5.41, 5.74) is -1.28. The first kappa shape index (κ1) is 10.9. The standard InChI is InChI=1S/C9H6F3NS/c1-5-7(14)3-2-6(4-13)8(5)9(10,11)12/h2-3,14H,1H3. The third-order valence-corrected chi connectivity index (χ3v) is 2.32. The zero-order chi connectivity index (χ0) is 10.9. The van der Waals surface area contributed by atoms with Gasteiger partial charge >= 0.3 is 6.18 Å². The van der Waals surface area contributed by atoms with Gasteiger partial charge in [0.15, 0.2) is 0 Å². The molecule has 0 aliphatic carbocycles. The van der Waals surface area contributed by atoms with E-state index in [2.05, 4.69) is 12.6 Å². The smallest absolute Gasteiger partial charge is 0.192 e. The zero-order valence-corrected chi connectivity index (χ0v) is 8.08. The van der Waals surface area contributed by atoms with Crippen molar-refractivity contribution in [2.75, 3.05) is 0 Å². The zero-order valence-electron chi connectivity index (χ0n) is 7.18. The van der Waals surface area contributed by atoms with E-state index in [4.69, 9.17) is 5.26 Å². The number of nitriles is 1. The van der Waals surface area contributed by atoms with Crippen LogP contribution >= 0.6 is 12.6 Å². The van der Waals surface area contributed by atoms with E-state index < -0.39 is 11.7 Å². The summed E-state index contributed by atoms with van der Waals surface area (Å²) in [7, 11) is 0. The van der Waals surface area contributed by atoms with Crippen molar-refractivity contribution in [1.82, 2.24) is 0 Å². The van der Waals surface area contributed by atoms with Crippen molar-refractivity contribution in [3.63, 3.8) is 0 Å². The summed E-state index contributed by atoms with van der Waals surface area (Å²) in [5.74, 6) is 0. The van der Waals surface area contributed by atoms with Gasteiger partial charge in [-0.2, -0.15) is 18.4 Å². The minimum absolute atomic E-state index is 0.0140. The summed E-state index contributed by atoms with van der Waals surface area (Å²) in [6, 6.07) is 4.02. The summed E-state index contributed by atoms with van der Waals surface area (Å²) in [5, 5.41) is 8.52. The number of hydrogen-bond acceptors (Lipinski definition) is 2. The molecule has 0 N–H and O–H groups in total. The van der Waals surface area contributed by atoms with Crippen LogP contribution in [0.2, 0.25) is 0 Å². The van der Waals surface area contributed by atoms with Gasteiger partial charge < -0.3 is 0 Å². The van der Waals surface area contributed by atoms with E-state index in [0.29, 0.717) is 0 Å². The van der Waals surface area contributed by atoms with Crippen molar-refractivity contribution in [3.8, 4) is 6.07 Å². The lowest BCUT2D eigenvalue weighted by Gasteiger charge is -2.13. The molecule has 0 aliphatic heterocycles. The Morgan fingerprint density at radius 3 is 2.36 bits per heavy atom. The van der Waals surface area contributed by atoms with E-state index in [0.717, 1.165) is 6.07 Å². The van der Waals surface area contributed by atoms with Crippen LogP contribution in [0.5, 0.6) is 0 Å². The summed E-state index contributed by atoms with van der Waals surface area (Å²) in [6.07, 6.45) is -4.51. The fourth-order valence-corrected chi connectivity index (χ4v) is 1.35. The predicted molar refractivity (Wildman–Crippen MR) is 48.1 cm³/mol. The second-order valence-electron chi connectivity index (χ2n) is 2.74. The van der Waals surface area contributed by atoms with Gasteiger partial charge in [-0.3, -0.25) is 0 Å². The van der Waals surface area contributed by atoms with Crippen LogP contribution in [0.15, 0.2) is 17.0 Å². The number of halogens is 3. The minimum atomic E-state index is -4.51. The maximum atomic E-state index is 12.5. The Morgan fingerprint density at radius 2 is 1.93 bits per heavy atom. The van der Waals surface area contributed by atoms with Crippen LogP contribution in [-0.2, 0) is 6.18 Å². The Morgan fingerprint density at radius 1 is 1.36 bits per heavy atom. The topological polar surface area (TPSA) is 23.8 Å². The van der Waals surface area contributed by atoms with E-state index in [1.165, 1.54) is 19.1 Å². The van der Waals surface area contributed by atoms with Crippen molar-refractivity contribution in [1.29, 1.82) is 5.26 Å². The van der Waals surface area contributed by atoms with Gasteiger partial charge in [-0.05, 0) is 24.6 Å². The van der Waals surface area contributed by atoms with Crippen molar-refractivity contribution < 1.29 is 13.2 Å². The van der Waals surface area contributed by atoms with Gasteiger partial charge in [-0.1, -0.05) is 0 Å². The second-order valence-corrected chi connectivity index (χ2v) is 3.22. The largest absolute Gasteiger partial charge is 0.417 e. The van der Waals surface area contributed by atoms with Crippen LogP contribution in [0.3, 0.4) is 0 Å². The van der Waals surface area contributed by atoms with E-state index in [9.17, 15) is 13.2 Å². The van der Waals surface area contributed by atoms with E-state index in [-0.39, 0.29) is 16.0 Å². The second kappa shape index (κ2) is 3.54. The molecule has 0 fully saturated rings. The van der Waals surface area contributed by atoms with Crippen LogP contribution < -0.4 is 0 Å². The van der Waals surface area contributed by atoms with E-state index in [1.807, 2.05) is 0 Å². The quantitative estimate of drug-likeness (QED) is 0.663. The fraction of sp³-hybridized carbons (Fsp3) is 0.222. The molecule has 5 heteroatoms. The Kier molecular flexibility index (Phi) is 2.76. The Bertz CT molecular complexity index is 404. The van der Waals surface area contributed by atoms with Crippen LogP contribution in [0, 0.1) is 18.3 Å². The van der Waals surface area contributed by atoms with Crippen molar-refractivity contribution >= 4 is 12.6 Å². The van der Waals surface area contributed by atoms with Crippen LogP contribution in [-0.4, -0.2) is 0 Å². The molecular formula is C9H6F3NS. The molecule has 0 atom stereocenters. The van der Waals surface area contributed by atoms with Crippen molar-refractivity contribution in [2.24, 2.45) is 0 Å². The summed E-state index contributed by atoms with van der Waals surface area (Å²) < 4.78 is 37.5. The molecule has 0 bridgehead atoms. The molecule has 0 radical (unpaired) electrons. The highest BCUT2D eigenvalue weighted by Crippen LogP contribution is 2.36. The predicted octanol–water partition coefficient (Wildman–Crippen LogP) is 3.17. The molecule has 0 aliphatic rings. The third kappa shape index (κ3) is 1.85. The Hall–Kier alpha value is -1.15. The van der Waals surface area contributed by atoms with Crippen molar-refractivity contribution in [3.05, 3.63) is 28.8 Å². The average Bonchev–Trinajstić information content (AvgIpc) is 2.07. The molecule has 74 valence electrons. The van der Waals surface area contributed by atoms with Crippen molar-refractivity contribution in [2.45, 2.75) is 18.0 Å². The number of benzene rings is 1. The van der Waals surface area contributed by atoms with Crippen LogP contribution in [0.1, 0.15) is 16.7 Å². The Labute approximate surface area is 84.6 Å². The fourth-order valence-electron chi connectivity index (χ4n) is 1.16. The molecule has 0 saturated carbocycles. The summed E-state index contributed by atoms with van der Waals surface area (Å²) in [4.78, 5) is 0.233. The van der Waals surface area contributed by atoms with E-state index >= 15 is 0 Å². The molecule has 14 heavy (non-hydrogen) atoms. The van der Waals surface area contributed by atoms with Gasteiger partial charge in [0.05, 0.1) is 17.2 Å². The van der Waals surface area contributed by atoms with Gasteiger partial charge in [-0.15, -0.1) is 12.6 Å². The van der Waals surface area contributed by atoms with Gasteiger partial charge in [0.2, 0.25) is 0 Å². The number of thiol groups is 1. The first-order valence-electron chi connectivity index (χ1n) is 3.67. The minimum Gasteiger partial charge on any atom is -0.192 e. The Balaban J connectivity index is 3.54. The number of nitrogens with zero attached hydrogens (tertiary/aromatic N) is 1. The molecule has 1 aromatic carbocycles. The lowest BCUT2D eigenvalue weighted by atomic mass is 10.0.